The second-order valence-corrected chi connectivity index (χ2v) is 5.62. The lowest BCUT2D eigenvalue weighted by Crippen LogP contribution is -2.40. The number of benzene rings is 2. The summed E-state index contributed by atoms with van der Waals surface area (Å²) in [6.07, 6.45) is 4.54. The van der Waals surface area contributed by atoms with Crippen molar-refractivity contribution in [3.8, 4) is 0 Å². The molecule has 2 N–H and O–H groups in total. The van der Waals surface area contributed by atoms with Crippen molar-refractivity contribution in [2.24, 2.45) is 5.73 Å². The molecule has 2 aromatic carbocycles. The molecule has 1 aliphatic rings. The average Bonchev–Trinajstić information content (AvgIpc) is 2.99. The Morgan fingerprint density at radius 3 is 2.27 bits per heavy atom. The Morgan fingerprint density at radius 2 is 1.64 bits per heavy atom. The monoisotopic (exact) mass is 292 g/mol. The molecule has 0 saturated carbocycles. The molecule has 0 bridgehead atoms. The van der Waals surface area contributed by atoms with Gasteiger partial charge in [-0.25, -0.2) is 0 Å². The summed E-state index contributed by atoms with van der Waals surface area (Å²) in [5.41, 5.74) is 9.62. The summed E-state index contributed by atoms with van der Waals surface area (Å²) in [6.45, 7) is 1.34. The minimum atomic E-state index is -0.478. The van der Waals surface area contributed by atoms with E-state index in [0.29, 0.717) is 19.5 Å². The van der Waals surface area contributed by atoms with Crippen LogP contribution in [0.25, 0.3) is 6.08 Å². The minimum absolute atomic E-state index is 0.0221. The second kappa shape index (κ2) is 6.58. The maximum absolute atomic E-state index is 12.4. The van der Waals surface area contributed by atoms with Crippen molar-refractivity contribution < 1.29 is 4.79 Å². The fraction of sp³-hybridized carbons (Fsp3) is 0.211. The molecule has 3 heteroatoms. The summed E-state index contributed by atoms with van der Waals surface area (Å²) in [6, 6.07) is 17.7. The van der Waals surface area contributed by atoms with Crippen LogP contribution in [0.5, 0.6) is 0 Å². The first-order valence-electron chi connectivity index (χ1n) is 7.57. The molecule has 0 unspecified atom stereocenters. The molecule has 0 fully saturated rings. The highest BCUT2D eigenvalue weighted by molar-refractivity contribution is 5.82. The molecule has 1 heterocycles. The van der Waals surface area contributed by atoms with Crippen molar-refractivity contribution in [3.63, 3.8) is 0 Å². The Balaban J connectivity index is 1.56. The van der Waals surface area contributed by atoms with E-state index in [9.17, 15) is 4.79 Å². The zero-order chi connectivity index (χ0) is 15.4. The van der Waals surface area contributed by atoms with Crippen molar-refractivity contribution in [2.45, 2.75) is 25.6 Å². The molecule has 0 aromatic heterocycles. The van der Waals surface area contributed by atoms with Gasteiger partial charge in [-0.2, -0.15) is 0 Å². The van der Waals surface area contributed by atoms with Gasteiger partial charge in [0.05, 0.1) is 6.04 Å². The summed E-state index contributed by atoms with van der Waals surface area (Å²) >= 11 is 0. The highest BCUT2D eigenvalue weighted by Crippen LogP contribution is 2.22. The summed E-state index contributed by atoms with van der Waals surface area (Å²) < 4.78 is 0. The number of carbonyl (C=O) groups excluding carboxylic acids is 1. The molecule has 2 aromatic rings. The number of fused-ring (bicyclic) bond motifs is 1. The van der Waals surface area contributed by atoms with E-state index in [2.05, 4.69) is 12.1 Å². The Labute approximate surface area is 131 Å². The smallest absolute Gasteiger partial charge is 0.240 e. The third-order valence-corrected chi connectivity index (χ3v) is 3.97. The Hall–Kier alpha value is -2.39. The molecule has 3 nitrogen and oxygen atoms in total. The van der Waals surface area contributed by atoms with Crippen LogP contribution in [0.4, 0.5) is 0 Å². The summed E-state index contributed by atoms with van der Waals surface area (Å²) in [7, 11) is 0. The molecule has 0 aliphatic carbocycles. The van der Waals surface area contributed by atoms with Gasteiger partial charge in [-0.1, -0.05) is 66.7 Å². The number of amides is 1. The van der Waals surface area contributed by atoms with E-state index in [-0.39, 0.29) is 5.91 Å². The van der Waals surface area contributed by atoms with Crippen LogP contribution in [0, 0.1) is 0 Å². The van der Waals surface area contributed by atoms with Gasteiger partial charge in [-0.3, -0.25) is 4.79 Å². The molecule has 0 radical (unpaired) electrons. The number of hydrogen-bond acceptors (Lipinski definition) is 2. The van der Waals surface area contributed by atoms with Crippen molar-refractivity contribution >= 4 is 12.0 Å². The molecule has 112 valence electrons. The summed E-state index contributed by atoms with van der Waals surface area (Å²) in [5, 5.41) is 0. The molecular weight excluding hydrogens is 272 g/mol. The van der Waals surface area contributed by atoms with Crippen LogP contribution >= 0.6 is 0 Å². The van der Waals surface area contributed by atoms with Gasteiger partial charge in [0.1, 0.15) is 0 Å². The molecule has 1 amide bonds. The van der Waals surface area contributed by atoms with E-state index in [1.807, 2.05) is 59.5 Å². The van der Waals surface area contributed by atoms with E-state index in [4.69, 9.17) is 5.73 Å². The van der Waals surface area contributed by atoms with Crippen LogP contribution in [0.1, 0.15) is 23.1 Å². The van der Waals surface area contributed by atoms with E-state index in [1.165, 1.54) is 11.1 Å². The minimum Gasteiger partial charge on any atom is -0.333 e. The van der Waals surface area contributed by atoms with E-state index < -0.39 is 6.04 Å². The van der Waals surface area contributed by atoms with E-state index in [1.54, 1.807) is 0 Å². The topological polar surface area (TPSA) is 46.3 Å². The molecule has 0 saturated heterocycles. The molecule has 0 spiro atoms. The van der Waals surface area contributed by atoms with Crippen LogP contribution in [0.3, 0.4) is 0 Å². The van der Waals surface area contributed by atoms with Crippen molar-refractivity contribution in [1.82, 2.24) is 4.90 Å². The lowest BCUT2D eigenvalue weighted by molar-refractivity contribution is -0.133. The summed E-state index contributed by atoms with van der Waals surface area (Å²) in [5.74, 6) is 0.0221. The van der Waals surface area contributed by atoms with Gasteiger partial charge in [0.2, 0.25) is 5.91 Å². The zero-order valence-electron chi connectivity index (χ0n) is 12.5. The summed E-state index contributed by atoms with van der Waals surface area (Å²) in [4.78, 5) is 14.3. The van der Waals surface area contributed by atoms with Gasteiger partial charge in [-0.05, 0) is 23.1 Å². The number of nitrogens with two attached hydrogens (primary N) is 1. The van der Waals surface area contributed by atoms with Crippen LogP contribution in [0.2, 0.25) is 0 Å². The molecular formula is C19H20N2O. The highest BCUT2D eigenvalue weighted by atomic mass is 16.2. The van der Waals surface area contributed by atoms with Gasteiger partial charge < -0.3 is 10.6 Å². The van der Waals surface area contributed by atoms with Gasteiger partial charge in [0, 0.05) is 13.1 Å². The predicted molar refractivity (Wildman–Crippen MR) is 88.8 cm³/mol. The van der Waals surface area contributed by atoms with Crippen molar-refractivity contribution in [3.05, 3.63) is 77.4 Å². The predicted octanol–water partition coefficient (Wildman–Crippen LogP) is 2.96. The number of carbonyl (C=O) groups is 1. The van der Waals surface area contributed by atoms with Crippen molar-refractivity contribution in [2.75, 3.05) is 0 Å². The van der Waals surface area contributed by atoms with E-state index >= 15 is 0 Å². The normalized spacial score (nSPS) is 15.0. The van der Waals surface area contributed by atoms with Gasteiger partial charge in [-0.15, -0.1) is 0 Å². The Kier molecular flexibility index (Phi) is 4.35. The Morgan fingerprint density at radius 1 is 1.05 bits per heavy atom. The molecule has 3 rings (SSSR count). The quantitative estimate of drug-likeness (QED) is 0.941. The highest BCUT2D eigenvalue weighted by Gasteiger charge is 2.26. The molecule has 22 heavy (non-hydrogen) atoms. The third-order valence-electron chi connectivity index (χ3n) is 3.97. The lowest BCUT2D eigenvalue weighted by atomic mass is 10.1. The van der Waals surface area contributed by atoms with Crippen LogP contribution in [-0.4, -0.2) is 16.8 Å². The average molecular weight is 292 g/mol. The lowest BCUT2D eigenvalue weighted by Gasteiger charge is -2.19. The largest absolute Gasteiger partial charge is 0.333 e. The van der Waals surface area contributed by atoms with Crippen LogP contribution in [0.15, 0.2) is 60.7 Å². The maximum atomic E-state index is 12.4. The Bertz CT molecular complexity index is 654. The van der Waals surface area contributed by atoms with E-state index in [0.717, 1.165) is 5.56 Å². The van der Waals surface area contributed by atoms with Crippen LogP contribution < -0.4 is 5.73 Å². The van der Waals surface area contributed by atoms with Crippen molar-refractivity contribution in [1.29, 1.82) is 0 Å². The second-order valence-electron chi connectivity index (χ2n) is 5.62. The first kappa shape index (κ1) is 14.5. The number of nitrogens with zero attached hydrogens (tertiary/aromatic N) is 1. The first-order valence-corrected chi connectivity index (χ1v) is 7.57. The zero-order valence-corrected chi connectivity index (χ0v) is 12.5. The number of hydrogen-bond donors (Lipinski definition) is 1. The standard InChI is InChI=1S/C19H20N2O/c20-18(12-6-9-15-7-2-1-3-8-15)19(22)21-13-16-10-4-5-11-17(16)14-21/h1-11,18H,12-14,20H2/b9-6+/t18-/m1/s1. The SMILES string of the molecule is N[C@H](C/C=C/c1ccccc1)C(=O)N1Cc2ccccc2C1. The third kappa shape index (κ3) is 3.26. The number of rotatable bonds is 4. The van der Waals surface area contributed by atoms with Crippen LogP contribution in [-0.2, 0) is 17.9 Å². The first-order chi connectivity index (χ1) is 10.7. The fourth-order valence-electron chi connectivity index (χ4n) is 2.74. The fourth-order valence-corrected chi connectivity index (χ4v) is 2.74. The van der Waals surface area contributed by atoms with Gasteiger partial charge in [0.25, 0.3) is 0 Å². The molecule has 1 atom stereocenters. The molecule has 1 aliphatic heterocycles. The van der Waals surface area contributed by atoms with Gasteiger partial charge in [0.15, 0.2) is 0 Å². The van der Waals surface area contributed by atoms with Gasteiger partial charge >= 0.3 is 0 Å². The maximum Gasteiger partial charge on any atom is 0.240 e.